The molecule has 2 N–H and O–H groups in total. The molecule has 7 heteroatoms. The average molecular weight is 513 g/mol. The molecule has 1 aromatic carbocycles. The number of aryl methyl sites for hydroxylation is 1. The van der Waals surface area contributed by atoms with Crippen LogP contribution in [0.15, 0.2) is 35.5 Å². The molecular weight excluding hydrogens is 481 g/mol. The zero-order valence-corrected chi connectivity index (χ0v) is 20.2. The lowest BCUT2D eigenvalue weighted by Crippen LogP contribution is -2.48. The number of halogens is 1. The Labute approximate surface area is 190 Å². The van der Waals surface area contributed by atoms with Crippen LogP contribution in [0, 0.1) is 6.92 Å². The van der Waals surface area contributed by atoms with Gasteiger partial charge in [0, 0.05) is 43.3 Å². The molecule has 1 atom stereocenters. The molecule has 1 aliphatic rings. The Morgan fingerprint density at radius 1 is 1.25 bits per heavy atom. The molecule has 5 nitrogen and oxygen atoms in total. The maximum absolute atomic E-state index is 4.71. The highest BCUT2D eigenvalue weighted by Crippen LogP contribution is 2.21. The van der Waals surface area contributed by atoms with E-state index in [1.54, 1.807) is 11.3 Å². The molecule has 0 amide bonds. The first kappa shape index (κ1) is 23.1. The fourth-order valence-corrected chi connectivity index (χ4v) is 4.25. The SMILES string of the molecule is CCNC(=NCc1ncc(C)s1)NCC(CC)N1CCc2ccccc2C1.I. The molecule has 0 aliphatic carbocycles. The van der Waals surface area contributed by atoms with Crippen molar-refractivity contribution >= 4 is 41.3 Å². The third-order valence-electron chi connectivity index (χ3n) is 5.04. The highest BCUT2D eigenvalue weighted by molar-refractivity contribution is 14.0. The van der Waals surface area contributed by atoms with Crippen LogP contribution in [0.25, 0.3) is 0 Å². The smallest absolute Gasteiger partial charge is 0.191 e. The van der Waals surface area contributed by atoms with Crippen LogP contribution in [0.3, 0.4) is 0 Å². The second-order valence-corrected chi connectivity index (χ2v) is 8.31. The Morgan fingerprint density at radius 3 is 2.71 bits per heavy atom. The molecule has 2 heterocycles. The number of guanidine groups is 1. The summed E-state index contributed by atoms with van der Waals surface area (Å²) in [6, 6.07) is 9.34. The summed E-state index contributed by atoms with van der Waals surface area (Å²) in [5.74, 6) is 0.876. The Morgan fingerprint density at radius 2 is 2.04 bits per heavy atom. The molecule has 154 valence electrons. The van der Waals surface area contributed by atoms with Crippen molar-refractivity contribution in [1.82, 2.24) is 20.5 Å². The first-order valence-corrected chi connectivity index (χ1v) is 10.8. The number of nitrogens with one attached hydrogen (secondary N) is 2. The van der Waals surface area contributed by atoms with E-state index in [0.29, 0.717) is 12.6 Å². The fraction of sp³-hybridized carbons (Fsp3) is 0.524. The summed E-state index contributed by atoms with van der Waals surface area (Å²) in [5, 5.41) is 7.96. The summed E-state index contributed by atoms with van der Waals surface area (Å²) in [7, 11) is 0. The van der Waals surface area contributed by atoms with E-state index in [-0.39, 0.29) is 24.0 Å². The number of thiazole rings is 1. The number of hydrogen-bond acceptors (Lipinski definition) is 4. The summed E-state index contributed by atoms with van der Waals surface area (Å²) in [5.41, 5.74) is 2.98. The van der Waals surface area contributed by atoms with Crippen LogP contribution >= 0.6 is 35.3 Å². The van der Waals surface area contributed by atoms with E-state index in [1.807, 2.05) is 6.20 Å². The lowest BCUT2D eigenvalue weighted by Gasteiger charge is -2.35. The van der Waals surface area contributed by atoms with Crippen molar-refractivity contribution in [2.75, 3.05) is 19.6 Å². The molecule has 1 unspecified atom stereocenters. The van der Waals surface area contributed by atoms with Crippen LogP contribution in [-0.4, -0.2) is 41.5 Å². The summed E-state index contributed by atoms with van der Waals surface area (Å²) >= 11 is 1.71. The zero-order valence-electron chi connectivity index (χ0n) is 17.1. The van der Waals surface area contributed by atoms with Crippen LogP contribution < -0.4 is 10.6 Å². The van der Waals surface area contributed by atoms with Gasteiger partial charge < -0.3 is 10.6 Å². The van der Waals surface area contributed by atoms with Gasteiger partial charge in [-0.3, -0.25) is 4.90 Å². The quantitative estimate of drug-likeness (QED) is 0.335. The van der Waals surface area contributed by atoms with Gasteiger partial charge in [0.1, 0.15) is 5.01 Å². The second-order valence-electron chi connectivity index (χ2n) is 6.99. The molecule has 0 spiro atoms. The van der Waals surface area contributed by atoms with Gasteiger partial charge in [-0.05, 0) is 37.8 Å². The van der Waals surface area contributed by atoms with Gasteiger partial charge in [-0.1, -0.05) is 31.2 Å². The Balaban J connectivity index is 0.00000280. The van der Waals surface area contributed by atoms with Crippen molar-refractivity contribution in [3.05, 3.63) is 51.5 Å². The lowest BCUT2D eigenvalue weighted by atomic mass is 9.98. The van der Waals surface area contributed by atoms with E-state index in [4.69, 9.17) is 4.99 Å². The van der Waals surface area contributed by atoms with Crippen LogP contribution in [0.1, 0.15) is 41.3 Å². The lowest BCUT2D eigenvalue weighted by molar-refractivity contribution is 0.174. The van der Waals surface area contributed by atoms with E-state index in [2.05, 4.69) is 65.6 Å². The number of aliphatic imine (C=N–C) groups is 1. The van der Waals surface area contributed by atoms with Gasteiger partial charge in [0.15, 0.2) is 5.96 Å². The number of benzene rings is 1. The highest BCUT2D eigenvalue weighted by Gasteiger charge is 2.22. The third-order valence-corrected chi connectivity index (χ3v) is 5.94. The summed E-state index contributed by atoms with van der Waals surface area (Å²) in [6.45, 7) is 11.0. The minimum absolute atomic E-state index is 0. The summed E-state index contributed by atoms with van der Waals surface area (Å²) < 4.78 is 0. The number of rotatable bonds is 7. The van der Waals surface area contributed by atoms with Crippen molar-refractivity contribution in [3.8, 4) is 0 Å². The van der Waals surface area contributed by atoms with Crippen LogP contribution in [0.2, 0.25) is 0 Å². The molecule has 0 fully saturated rings. The van der Waals surface area contributed by atoms with Crippen molar-refractivity contribution < 1.29 is 0 Å². The third kappa shape index (κ3) is 6.42. The Hall–Kier alpha value is -1.19. The van der Waals surface area contributed by atoms with Gasteiger partial charge in [-0.2, -0.15) is 0 Å². The van der Waals surface area contributed by atoms with E-state index in [0.717, 1.165) is 50.0 Å². The van der Waals surface area contributed by atoms with Gasteiger partial charge in [-0.15, -0.1) is 35.3 Å². The summed E-state index contributed by atoms with van der Waals surface area (Å²) in [6.07, 6.45) is 4.18. The van der Waals surface area contributed by atoms with E-state index in [1.165, 1.54) is 16.0 Å². The molecule has 0 bridgehead atoms. The van der Waals surface area contributed by atoms with Crippen molar-refractivity contribution in [3.63, 3.8) is 0 Å². The first-order valence-electron chi connectivity index (χ1n) is 9.94. The predicted molar refractivity (Wildman–Crippen MR) is 130 cm³/mol. The molecule has 28 heavy (non-hydrogen) atoms. The van der Waals surface area contributed by atoms with E-state index in [9.17, 15) is 0 Å². The number of aromatic nitrogens is 1. The first-order chi connectivity index (χ1) is 13.2. The number of hydrogen-bond donors (Lipinski definition) is 2. The molecule has 2 aromatic rings. The van der Waals surface area contributed by atoms with Gasteiger partial charge in [-0.25, -0.2) is 9.98 Å². The monoisotopic (exact) mass is 513 g/mol. The fourth-order valence-electron chi connectivity index (χ4n) is 3.54. The minimum atomic E-state index is 0. The molecule has 1 aliphatic heterocycles. The molecule has 3 rings (SSSR count). The van der Waals surface area contributed by atoms with Crippen LogP contribution in [-0.2, 0) is 19.5 Å². The van der Waals surface area contributed by atoms with E-state index < -0.39 is 0 Å². The number of nitrogens with zero attached hydrogens (tertiary/aromatic N) is 3. The standard InChI is InChI=1S/C21H31N5S.HI/c1-4-19(26-11-10-17-8-6-7-9-18(17)15-26)13-24-21(22-5-2)25-14-20-23-12-16(3)27-20;/h6-9,12,19H,4-5,10-11,13-15H2,1-3H3,(H2,22,24,25);1H. The number of fused-ring (bicyclic) bond motifs is 1. The van der Waals surface area contributed by atoms with Crippen molar-refractivity contribution in [2.24, 2.45) is 4.99 Å². The maximum Gasteiger partial charge on any atom is 0.191 e. The highest BCUT2D eigenvalue weighted by atomic mass is 127. The van der Waals surface area contributed by atoms with Gasteiger partial charge in [0.2, 0.25) is 0 Å². The minimum Gasteiger partial charge on any atom is -0.357 e. The van der Waals surface area contributed by atoms with E-state index >= 15 is 0 Å². The van der Waals surface area contributed by atoms with Crippen LogP contribution in [0.4, 0.5) is 0 Å². The Bertz CT molecular complexity index is 761. The molecule has 0 saturated heterocycles. The molecule has 0 radical (unpaired) electrons. The topological polar surface area (TPSA) is 52.6 Å². The van der Waals surface area contributed by atoms with Gasteiger partial charge >= 0.3 is 0 Å². The largest absolute Gasteiger partial charge is 0.357 e. The van der Waals surface area contributed by atoms with Crippen molar-refractivity contribution in [1.29, 1.82) is 0 Å². The molecule has 0 saturated carbocycles. The summed E-state index contributed by atoms with van der Waals surface area (Å²) in [4.78, 5) is 12.9. The maximum atomic E-state index is 4.71. The van der Waals surface area contributed by atoms with Gasteiger partial charge in [0.25, 0.3) is 0 Å². The molecular formula is C21H32IN5S. The average Bonchev–Trinajstić information content (AvgIpc) is 3.11. The predicted octanol–water partition coefficient (Wildman–Crippen LogP) is 3.96. The zero-order chi connectivity index (χ0) is 19.1. The second kappa shape index (κ2) is 11.7. The molecule has 1 aromatic heterocycles. The van der Waals surface area contributed by atoms with Crippen LogP contribution in [0.5, 0.6) is 0 Å². The Kier molecular flexibility index (Phi) is 9.67. The van der Waals surface area contributed by atoms with Crippen molar-refractivity contribution in [2.45, 2.75) is 52.7 Å². The van der Waals surface area contributed by atoms with Gasteiger partial charge in [0.05, 0.1) is 6.54 Å². The normalized spacial score (nSPS) is 15.5.